The van der Waals surface area contributed by atoms with Crippen molar-refractivity contribution in [3.8, 4) is 5.75 Å². The summed E-state index contributed by atoms with van der Waals surface area (Å²) in [5, 5.41) is 0. The minimum atomic E-state index is -4.37. The fourth-order valence-electron chi connectivity index (χ4n) is 1.63. The fraction of sp³-hybridized carbons (Fsp3) is 0.571. The van der Waals surface area contributed by atoms with E-state index in [0.29, 0.717) is 6.42 Å². The average Bonchev–Trinajstić information content (AvgIpc) is 2.39. The van der Waals surface area contributed by atoms with Crippen LogP contribution in [0.1, 0.15) is 18.9 Å². The van der Waals surface area contributed by atoms with Gasteiger partial charge in [0.25, 0.3) is 0 Å². The van der Waals surface area contributed by atoms with Crippen LogP contribution in [0.5, 0.6) is 5.75 Å². The Morgan fingerprint density at radius 1 is 1.24 bits per heavy atom. The van der Waals surface area contributed by atoms with Gasteiger partial charge in [0.15, 0.2) is 11.6 Å². The summed E-state index contributed by atoms with van der Waals surface area (Å²) in [6.45, 7) is 0.189. The normalized spacial score (nSPS) is 13.2. The highest BCUT2D eigenvalue weighted by molar-refractivity contribution is 5.29. The lowest BCUT2D eigenvalue weighted by molar-refractivity contribution is -0.175. The van der Waals surface area contributed by atoms with Gasteiger partial charge in [-0.3, -0.25) is 0 Å². The van der Waals surface area contributed by atoms with E-state index in [1.165, 1.54) is 12.1 Å². The number of benzene rings is 1. The summed E-state index contributed by atoms with van der Waals surface area (Å²) < 4.78 is 58.6. The highest BCUT2D eigenvalue weighted by atomic mass is 19.4. The van der Waals surface area contributed by atoms with Crippen LogP contribution in [0.4, 0.5) is 17.6 Å². The maximum absolute atomic E-state index is 13.7. The fourth-order valence-corrected chi connectivity index (χ4v) is 1.63. The van der Waals surface area contributed by atoms with Gasteiger partial charge < -0.3 is 15.2 Å². The van der Waals surface area contributed by atoms with Crippen LogP contribution in [0.15, 0.2) is 18.2 Å². The Morgan fingerprint density at radius 2 is 1.95 bits per heavy atom. The van der Waals surface area contributed by atoms with E-state index >= 15 is 0 Å². The highest BCUT2D eigenvalue weighted by Crippen LogP contribution is 2.19. The topological polar surface area (TPSA) is 44.5 Å². The number of nitrogens with two attached hydrogens (primary N) is 1. The van der Waals surface area contributed by atoms with Crippen LogP contribution in [0, 0.1) is 5.82 Å². The second-order valence-electron chi connectivity index (χ2n) is 4.65. The Balaban J connectivity index is 2.39. The van der Waals surface area contributed by atoms with Crippen LogP contribution in [-0.2, 0) is 11.2 Å². The van der Waals surface area contributed by atoms with E-state index in [9.17, 15) is 17.6 Å². The summed E-state index contributed by atoms with van der Waals surface area (Å²) in [6, 6.07) is 4.41. The Kier molecular flexibility index (Phi) is 6.91. The Bertz CT molecular complexity index is 437. The van der Waals surface area contributed by atoms with Gasteiger partial charge in [0.05, 0.1) is 6.61 Å². The van der Waals surface area contributed by atoms with Crippen molar-refractivity contribution < 1.29 is 27.0 Å². The van der Waals surface area contributed by atoms with Crippen molar-refractivity contribution in [3.05, 3.63) is 29.6 Å². The molecule has 0 aromatic heterocycles. The Morgan fingerprint density at radius 3 is 2.52 bits per heavy atom. The first-order valence-corrected chi connectivity index (χ1v) is 6.63. The van der Waals surface area contributed by atoms with Gasteiger partial charge in [0.2, 0.25) is 0 Å². The van der Waals surface area contributed by atoms with Gasteiger partial charge in [0, 0.05) is 6.04 Å². The van der Waals surface area contributed by atoms with Gasteiger partial charge in [-0.15, -0.1) is 0 Å². The molecule has 2 N–H and O–H groups in total. The second-order valence-corrected chi connectivity index (χ2v) is 4.65. The molecule has 1 rings (SSSR count). The van der Waals surface area contributed by atoms with Crippen LogP contribution in [-0.4, -0.2) is 32.0 Å². The minimum absolute atomic E-state index is 0.0144. The van der Waals surface area contributed by atoms with Crippen molar-refractivity contribution in [1.29, 1.82) is 0 Å². The number of alkyl halides is 3. The lowest BCUT2D eigenvalue weighted by Crippen LogP contribution is -2.21. The van der Waals surface area contributed by atoms with Crippen LogP contribution in [0.3, 0.4) is 0 Å². The molecule has 0 spiro atoms. The van der Waals surface area contributed by atoms with E-state index in [0.717, 1.165) is 12.0 Å². The van der Waals surface area contributed by atoms with Crippen LogP contribution >= 0.6 is 0 Å². The van der Waals surface area contributed by atoms with Crippen molar-refractivity contribution in [2.75, 3.05) is 19.8 Å². The third-order valence-corrected chi connectivity index (χ3v) is 2.77. The lowest BCUT2D eigenvalue weighted by Gasteiger charge is -2.12. The van der Waals surface area contributed by atoms with Crippen molar-refractivity contribution in [3.63, 3.8) is 0 Å². The standard InChI is InChI=1S/C14H19F4NO2/c1-2-11(19)7-10-3-4-13(12(15)8-10)21-6-5-20-9-14(16,17)18/h3-4,8,11H,2,5-7,9,19H2,1H3. The first-order valence-electron chi connectivity index (χ1n) is 6.63. The smallest absolute Gasteiger partial charge is 0.411 e. The molecular weight excluding hydrogens is 290 g/mol. The molecule has 0 saturated heterocycles. The monoisotopic (exact) mass is 309 g/mol. The molecule has 1 aromatic carbocycles. The summed E-state index contributed by atoms with van der Waals surface area (Å²) in [7, 11) is 0. The Hall–Kier alpha value is -1.34. The summed E-state index contributed by atoms with van der Waals surface area (Å²) in [5.41, 5.74) is 6.53. The van der Waals surface area contributed by atoms with Gasteiger partial charge in [0.1, 0.15) is 13.2 Å². The van der Waals surface area contributed by atoms with Crippen LogP contribution < -0.4 is 10.5 Å². The zero-order valence-electron chi connectivity index (χ0n) is 11.8. The lowest BCUT2D eigenvalue weighted by atomic mass is 10.0. The molecule has 21 heavy (non-hydrogen) atoms. The maximum atomic E-state index is 13.7. The molecule has 1 atom stereocenters. The molecule has 1 unspecified atom stereocenters. The molecule has 0 aliphatic carbocycles. The summed E-state index contributed by atoms with van der Waals surface area (Å²) in [6.07, 6.45) is -3.02. The number of hydrogen-bond donors (Lipinski definition) is 1. The zero-order chi connectivity index (χ0) is 15.9. The van der Waals surface area contributed by atoms with Crippen LogP contribution in [0.2, 0.25) is 0 Å². The van der Waals surface area contributed by atoms with Crippen molar-refractivity contribution >= 4 is 0 Å². The van der Waals surface area contributed by atoms with E-state index in [-0.39, 0.29) is 25.0 Å². The molecule has 0 fully saturated rings. The number of ether oxygens (including phenoxy) is 2. The van der Waals surface area contributed by atoms with E-state index < -0.39 is 18.6 Å². The summed E-state index contributed by atoms with van der Waals surface area (Å²) in [4.78, 5) is 0. The van der Waals surface area contributed by atoms with Gasteiger partial charge in [-0.25, -0.2) is 4.39 Å². The number of hydrogen-bond acceptors (Lipinski definition) is 3. The predicted octanol–water partition coefficient (Wildman–Crippen LogP) is 3.06. The van der Waals surface area contributed by atoms with Gasteiger partial charge in [-0.2, -0.15) is 13.2 Å². The molecule has 7 heteroatoms. The molecule has 120 valence electrons. The average molecular weight is 309 g/mol. The van der Waals surface area contributed by atoms with Crippen molar-refractivity contribution in [2.24, 2.45) is 5.73 Å². The summed E-state index contributed by atoms with van der Waals surface area (Å²) in [5.74, 6) is -0.578. The van der Waals surface area contributed by atoms with E-state index in [2.05, 4.69) is 4.74 Å². The third kappa shape index (κ3) is 7.29. The zero-order valence-corrected chi connectivity index (χ0v) is 11.8. The minimum Gasteiger partial charge on any atom is -0.488 e. The number of rotatable bonds is 8. The SMILES string of the molecule is CCC(N)Cc1ccc(OCCOCC(F)(F)F)c(F)c1. The van der Waals surface area contributed by atoms with Crippen molar-refractivity contribution in [1.82, 2.24) is 0 Å². The number of halogens is 4. The third-order valence-electron chi connectivity index (χ3n) is 2.77. The molecule has 0 radical (unpaired) electrons. The maximum Gasteiger partial charge on any atom is 0.411 e. The molecule has 0 aliphatic rings. The van der Waals surface area contributed by atoms with Gasteiger partial charge >= 0.3 is 6.18 Å². The predicted molar refractivity (Wildman–Crippen MR) is 70.7 cm³/mol. The van der Waals surface area contributed by atoms with Crippen molar-refractivity contribution in [2.45, 2.75) is 32.0 Å². The van der Waals surface area contributed by atoms with Crippen LogP contribution in [0.25, 0.3) is 0 Å². The molecule has 0 saturated carbocycles. The molecule has 1 aromatic rings. The highest BCUT2D eigenvalue weighted by Gasteiger charge is 2.27. The first kappa shape index (κ1) is 17.7. The van der Waals surface area contributed by atoms with Gasteiger partial charge in [-0.05, 0) is 30.5 Å². The van der Waals surface area contributed by atoms with E-state index in [1.54, 1.807) is 6.07 Å². The molecule has 0 bridgehead atoms. The largest absolute Gasteiger partial charge is 0.488 e. The molecule has 0 heterocycles. The van der Waals surface area contributed by atoms with E-state index in [1.807, 2.05) is 6.92 Å². The molecular formula is C14H19F4NO2. The second kappa shape index (κ2) is 8.19. The van der Waals surface area contributed by atoms with E-state index in [4.69, 9.17) is 10.5 Å². The first-order chi connectivity index (χ1) is 9.81. The molecule has 0 aliphatic heterocycles. The quantitative estimate of drug-likeness (QED) is 0.593. The molecule has 3 nitrogen and oxygen atoms in total. The Labute approximate surface area is 121 Å². The summed E-state index contributed by atoms with van der Waals surface area (Å²) >= 11 is 0. The van der Waals surface area contributed by atoms with Gasteiger partial charge in [-0.1, -0.05) is 13.0 Å². The molecule has 0 amide bonds.